The van der Waals surface area contributed by atoms with Crippen molar-refractivity contribution in [1.82, 2.24) is 4.90 Å². The molecule has 1 aromatic rings. The molecule has 0 saturated heterocycles. The smallest absolute Gasteiger partial charge is 0.303 e. The summed E-state index contributed by atoms with van der Waals surface area (Å²) in [5.41, 5.74) is 1.24. The highest BCUT2D eigenvalue weighted by Crippen LogP contribution is 2.05. The van der Waals surface area contributed by atoms with Crippen LogP contribution in [0.25, 0.3) is 0 Å². The lowest BCUT2D eigenvalue weighted by Gasteiger charge is -2.21. The lowest BCUT2D eigenvalue weighted by Crippen LogP contribution is -2.28. The van der Waals surface area contributed by atoms with Crippen molar-refractivity contribution in [1.29, 1.82) is 0 Å². The largest absolute Gasteiger partial charge is 0.481 e. The zero-order valence-corrected chi connectivity index (χ0v) is 10.8. The minimum Gasteiger partial charge on any atom is -0.481 e. The highest BCUT2D eigenvalue weighted by Gasteiger charge is 2.06. The fraction of sp³-hybridized carbons (Fsp3) is 0.500. The number of carboxylic acid groups (broad SMARTS) is 1. The summed E-state index contributed by atoms with van der Waals surface area (Å²) < 4.78 is 5.08. The van der Waals surface area contributed by atoms with Crippen LogP contribution in [0.5, 0.6) is 0 Å². The third kappa shape index (κ3) is 6.37. The summed E-state index contributed by atoms with van der Waals surface area (Å²) in [6.07, 6.45) is 0.893. The average molecular weight is 251 g/mol. The van der Waals surface area contributed by atoms with E-state index in [1.807, 2.05) is 18.2 Å². The molecule has 0 aliphatic rings. The molecule has 0 atom stereocenters. The Morgan fingerprint density at radius 3 is 2.61 bits per heavy atom. The van der Waals surface area contributed by atoms with Gasteiger partial charge in [-0.25, -0.2) is 0 Å². The number of hydrogen-bond acceptors (Lipinski definition) is 3. The van der Waals surface area contributed by atoms with Crippen LogP contribution in [0.4, 0.5) is 0 Å². The summed E-state index contributed by atoms with van der Waals surface area (Å²) in [6.45, 7) is 3.11. The van der Waals surface area contributed by atoms with Crippen LogP contribution in [0.1, 0.15) is 18.4 Å². The van der Waals surface area contributed by atoms with Crippen molar-refractivity contribution >= 4 is 5.97 Å². The van der Waals surface area contributed by atoms with Gasteiger partial charge in [0.15, 0.2) is 0 Å². The number of carbonyl (C=O) groups is 1. The van der Waals surface area contributed by atoms with Gasteiger partial charge in [-0.05, 0) is 18.5 Å². The monoisotopic (exact) mass is 251 g/mol. The summed E-state index contributed by atoms with van der Waals surface area (Å²) >= 11 is 0. The second-order valence-electron chi connectivity index (χ2n) is 4.25. The minimum atomic E-state index is -0.735. The topological polar surface area (TPSA) is 49.8 Å². The van der Waals surface area contributed by atoms with Crippen molar-refractivity contribution in [2.45, 2.75) is 19.4 Å². The van der Waals surface area contributed by atoms with Crippen LogP contribution in [0, 0.1) is 0 Å². The van der Waals surface area contributed by atoms with Gasteiger partial charge in [-0.2, -0.15) is 0 Å². The fourth-order valence-electron chi connectivity index (χ4n) is 1.79. The van der Waals surface area contributed by atoms with Crippen LogP contribution in [-0.4, -0.2) is 42.8 Å². The number of benzene rings is 1. The van der Waals surface area contributed by atoms with E-state index >= 15 is 0 Å². The normalized spacial score (nSPS) is 10.8. The summed E-state index contributed by atoms with van der Waals surface area (Å²) in [5, 5.41) is 8.65. The van der Waals surface area contributed by atoms with E-state index in [0.29, 0.717) is 13.0 Å². The molecule has 0 spiro atoms. The molecule has 1 N–H and O–H groups in total. The molecule has 0 heterocycles. The minimum absolute atomic E-state index is 0.221. The van der Waals surface area contributed by atoms with Crippen LogP contribution in [0.3, 0.4) is 0 Å². The molecule has 4 heteroatoms. The Kier molecular flexibility index (Phi) is 7.06. The molecular formula is C14H21NO3. The molecule has 1 rings (SSSR count). The summed E-state index contributed by atoms with van der Waals surface area (Å²) in [4.78, 5) is 12.7. The van der Waals surface area contributed by atoms with Gasteiger partial charge in [0.1, 0.15) is 0 Å². The third-order valence-corrected chi connectivity index (χ3v) is 2.73. The van der Waals surface area contributed by atoms with E-state index in [1.165, 1.54) is 5.56 Å². The highest BCUT2D eigenvalue weighted by molar-refractivity contribution is 5.66. The second kappa shape index (κ2) is 8.66. The summed E-state index contributed by atoms with van der Waals surface area (Å²) in [6, 6.07) is 10.2. The van der Waals surface area contributed by atoms with E-state index in [0.717, 1.165) is 19.6 Å². The molecule has 0 radical (unpaired) electrons. The van der Waals surface area contributed by atoms with Gasteiger partial charge >= 0.3 is 5.97 Å². The number of hydrogen-bond donors (Lipinski definition) is 1. The van der Waals surface area contributed by atoms with Crippen molar-refractivity contribution in [3.05, 3.63) is 35.9 Å². The third-order valence-electron chi connectivity index (χ3n) is 2.73. The van der Waals surface area contributed by atoms with Gasteiger partial charge in [-0.3, -0.25) is 9.69 Å². The predicted octanol–water partition coefficient (Wildman–Crippen LogP) is 2.00. The lowest BCUT2D eigenvalue weighted by molar-refractivity contribution is -0.137. The van der Waals surface area contributed by atoms with Crippen LogP contribution in [-0.2, 0) is 16.1 Å². The molecule has 0 fully saturated rings. The fourth-order valence-corrected chi connectivity index (χ4v) is 1.79. The molecule has 0 amide bonds. The Bertz CT molecular complexity index is 340. The first-order chi connectivity index (χ1) is 8.72. The van der Waals surface area contributed by atoms with Gasteiger partial charge < -0.3 is 9.84 Å². The number of rotatable bonds is 9. The lowest BCUT2D eigenvalue weighted by atomic mass is 10.2. The molecule has 0 aliphatic heterocycles. The number of nitrogens with zero attached hydrogens (tertiary/aromatic N) is 1. The van der Waals surface area contributed by atoms with Crippen molar-refractivity contribution in [2.24, 2.45) is 0 Å². The molecule has 0 aromatic heterocycles. The number of methoxy groups -OCH3 is 1. The summed E-state index contributed by atoms with van der Waals surface area (Å²) in [5.74, 6) is -0.735. The van der Waals surface area contributed by atoms with E-state index < -0.39 is 5.97 Å². The second-order valence-corrected chi connectivity index (χ2v) is 4.25. The zero-order chi connectivity index (χ0) is 13.2. The average Bonchev–Trinajstić information content (AvgIpc) is 2.36. The molecule has 0 saturated carbocycles. The zero-order valence-electron chi connectivity index (χ0n) is 10.8. The first-order valence-corrected chi connectivity index (χ1v) is 6.19. The molecular weight excluding hydrogens is 230 g/mol. The Labute approximate surface area is 108 Å². The predicted molar refractivity (Wildman–Crippen MR) is 70.5 cm³/mol. The number of ether oxygens (including phenoxy) is 1. The van der Waals surface area contributed by atoms with Gasteiger partial charge in [0.25, 0.3) is 0 Å². The van der Waals surface area contributed by atoms with Crippen LogP contribution in [0.15, 0.2) is 30.3 Å². The maximum absolute atomic E-state index is 10.5. The van der Waals surface area contributed by atoms with E-state index in [-0.39, 0.29) is 6.42 Å². The molecule has 100 valence electrons. The van der Waals surface area contributed by atoms with E-state index in [2.05, 4.69) is 17.0 Å². The molecule has 4 nitrogen and oxygen atoms in total. The van der Waals surface area contributed by atoms with Crippen LogP contribution < -0.4 is 0 Å². The van der Waals surface area contributed by atoms with Gasteiger partial charge in [-0.1, -0.05) is 30.3 Å². The van der Waals surface area contributed by atoms with Crippen molar-refractivity contribution in [3.8, 4) is 0 Å². The molecule has 0 unspecified atom stereocenters. The molecule has 0 bridgehead atoms. The van der Waals surface area contributed by atoms with Gasteiger partial charge in [0, 0.05) is 26.6 Å². The van der Waals surface area contributed by atoms with Crippen molar-refractivity contribution in [3.63, 3.8) is 0 Å². The highest BCUT2D eigenvalue weighted by atomic mass is 16.5. The molecule has 0 aliphatic carbocycles. The van der Waals surface area contributed by atoms with Crippen molar-refractivity contribution < 1.29 is 14.6 Å². The summed E-state index contributed by atoms with van der Waals surface area (Å²) in [7, 11) is 1.68. The Morgan fingerprint density at radius 1 is 1.28 bits per heavy atom. The van der Waals surface area contributed by atoms with Crippen molar-refractivity contribution in [2.75, 3.05) is 26.8 Å². The Balaban J connectivity index is 2.42. The molecule has 18 heavy (non-hydrogen) atoms. The Hall–Kier alpha value is -1.39. The first-order valence-electron chi connectivity index (χ1n) is 6.19. The van der Waals surface area contributed by atoms with Gasteiger partial charge in [0.05, 0.1) is 6.61 Å². The van der Waals surface area contributed by atoms with Gasteiger partial charge in [-0.15, -0.1) is 0 Å². The molecule has 1 aromatic carbocycles. The standard InChI is InChI=1S/C14H21NO3/c1-18-11-10-15(9-5-8-14(16)17)12-13-6-3-2-4-7-13/h2-4,6-7H,5,8-12H2,1H3,(H,16,17). The Morgan fingerprint density at radius 2 is 2.00 bits per heavy atom. The van der Waals surface area contributed by atoms with Crippen LogP contribution in [0.2, 0.25) is 0 Å². The van der Waals surface area contributed by atoms with Crippen LogP contribution >= 0.6 is 0 Å². The van der Waals surface area contributed by atoms with E-state index in [9.17, 15) is 4.79 Å². The number of aliphatic carboxylic acids is 1. The van der Waals surface area contributed by atoms with E-state index in [4.69, 9.17) is 9.84 Å². The van der Waals surface area contributed by atoms with E-state index in [1.54, 1.807) is 7.11 Å². The maximum Gasteiger partial charge on any atom is 0.303 e. The quantitative estimate of drug-likeness (QED) is 0.729. The number of carboxylic acids is 1. The van der Waals surface area contributed by atoms with Gasteiger partial charge in [0.2, 0.25) is 0 Å². The SMILES string of the molecule is COCCN(CCCC(=O)O)Cc1ccccc1. The first kappa shape index (κ1) is 14.7. The maximum atomic E-state index is 10.5.